The molecule has 0 heterocycles. The van der Waals surface area contributed by atoms with Crippen LogP contribution in [0.25, 0.3) is 0 Å². The second-order valence-corrected chi connectivity index (χ2v) is 5.76. The molecule has 0 aromatic heterocycles. The van der Waals surface area contributed by atoms with Crippen LogP contribution in [0.3, 0.4) is 0 Å². The van der Waals surface area contributed by atoms with Crippen LogP contribution >= 0.6 is 12.4 Å². The first-order valence-electron chi connectivity index (χ1n) is 7.45. The normalized spacial score (nSPS) is 15.8. The molecule has 0 radical (unpaired) electrons. The Morgan fingerprint density at radius 2 is 1.91 bits per heavy atom. The van der Waals surface area contributed by atoms with Gasteiger partial charge in [0.15, 0.2) is 0 Å². The number of rotatable bonds is 4. The van der Waals surface area contributed by atoms with Gasteiger partial charge in [-0.05, 0) is 50.5 Å². The Morgan fingerprint density at radius 3 is 2.45 bits per heavy atom. The molecule has 1 fully saturated rings. The summed E-state index contributed by atoms with van der Waals surface area (Å²) in [5.74, 6) is -0.281. The maximum Gasteiger partial charge on any atom is 0.251 e. The van der Waals surface area contributed by atoms with Crippen molar-refractivity contribution < 1.29 is 9.59 Å². The molecule has 1 saturated carbocycles. The Labute approximate surface area is 137 Å². The molecule has 2 rings (SSSR count). The van der Waals surface area contributed by atoms with Gasteiger partial charge in [0.25, 0.3) is 5.91 Å². The largest absolute Gasteiger partial charge is 0.349 e. The maximum atomic E-state index is 12.2. The molecule has 122 valence electrons. The van der Waals surface area contributed by atoms with Crippen LogP contribution in [0, 0.1) is 6.92 Å². The number of hydrogen-bond donors (Lipinski definition) is 3. The van der Waals surface area contributed by atoms with Crippen LogP contribution in [0.4, 0.5) is 5.69 Å². The summed E-state index contributed by atoms with van der Waals surface area (Å²) in [6.45, 7) is 3.50. The van der Waals surface area contributed by atoms with E-state index in [0.29, 0.717) is 17.3 Å². The lowest BCUT2D eigenvalue weighted by Crippen LogP contribution is -2.33. The molecule has 5 nitrogen and oxygen atoms in total. The van der Waals surface area contributed by atoms with Crippen molar-refractivity contribution >= 4 is 29.9 Å². The molecule has 0 spiro atoms. The quantitative estimate of drug-likeness (QED) is 0.794. The highest BCUT2D eigenvalue weighted by molar-refractivity contribution is 5.97. The molecule has 0 bridgehead atoms. The van der Waals surface area contributed by atoms with Crippen molar-refractivity contribution in [2.24, 2.45) is 5.73 Å². The van der Waals surface area contributed by atoms with Gasteiger partial charge in [-0.3, -0.25) is 9.59 Å². The second-order valence-electron chi connectivity index (χ2n) is 5.76. The van der Waals surface area contributed by atoms with Crippen LogP contribution in [0.1, 0.15) is 48.5 Å². The van der Waals surface area contributed by atoms with E-state index in [0.717, 1.165) is 18.4 Å². The molecule has 2 amide bonds. The predicted octanol–water partition coefficient (Wildman–Crippen LogP) is 2.37. The summed E-state index contributed by atoms with van der Waals surface area (Å²) in [5.41, 5.74) is 7.69. The molecular weight excluding hydrogens is 302 g/mol. The number of nitrogens with two attached hydrogens (primary N) is 1. The van der Waals surface area contributed by atoms with Crippen molar-refractivity contribution in [1.29, 1.82) is 0 Å². The SMILES string of the molecule is Cc1cc(C(=O)NC2CCCC2)ccc1NC(=O)[C@H](C)N.Cl. The van der Waals surface area contributed by atoms with Gasteiger partial charge in [-0.1, -0.05) is 12.8 Å². The highest BCUT2D eigenvalue weighted by atomic mass is 35.5. The molecule has 1 atom stereocenters. The topological polar surface area (TPSA) is 84.2 Å². The highest BCUT2D eigenvalue weighted by Gasteiger charge is 2.18. The molecule has 1 aliphatic rings. The fourth-order valence-corrected chi connectivity index (χ4v) is 2.53. The fraction of sp³-hybridized carbons (Fsp3) is 0.500. The van der Waals surface area contributed by atoms with Crippen LogP contribution < -0.4 is 16.4 Å². The summed E-state index contributed by atoms with van der Waals surface area (Å²) in [6, 6.07) is 5.01. The number of aryl methyl sites for hydroxylation is 1. The zero-order valence-electron chi connectivity index (χ0n) is 13.0. The predicted molar refractivity (Wildman–Crippen MR) is 90.4 cm³/mol. The third-order valence-electron chi connectivity index (χ3n) is 3.85. The van der Waals surface area contributed by atoms with E-state index >= 15 is 0 Å². The first-order chi connectivity index (χ1) is 9.97. The van der Waals surface area contributed by atoms with Crippen LogP contribution in [0.5, 0.6) is 0 Å². The molecule has 4 N–H and O–H groups in total. The number of benzene rings is 1. The van der Waals surface area contributed by atoms with Crippen molar-refractivity contribution in [3.8, 4) is 0 Å². The summed E-state index contributed by atoms with van der Waals surface area (Å²) in [7, 11) is 0. The van der Waals surface area contributed by atoms with Crippen LogP contribution in [-0.2, 0) is 4.79 Å². The highest BCUT2D eigenvalue weighted by Crippen LogP contribution is 2.20. The number of nitrogens with one attached hydrogen (secondary N) is 2. The van der Waals surface area contributed by atoms with Crippen LogP contribution in [-0.4, -0.2) is 23.9 Å². The molecule has 0 aliphatic heterocycles. The molecule has 1 aromatic carbocycles. The minimum Gasteiger partial charge on any atom is -0.349 e. The average Bonchev–Trinajstić information content (AvgIpc) is 2.93. The molecule has 6 heteroatoms. The number of carbonyl (C=O) groups excluding carboxylic acids is 2. The standard InChI is InChI=1S/C16H23N3O2.ClH/c1-10-9-12(16(21)18-13-5-3-4-6-13)7-8-14(10)19-15(20)11(2)17;/h7-9,11,13H,3-6,17H2,1-2H3,(H,18,21)(H,19,20);1H/t11-;/m0./s1. The van der Waals surface area contributed by atoms with Gasteiger partial charge in [-0.2, -0.15) is 0 Å². The van der Waals surface area contributed by atoms with E-state index in [-0.39, 0.29) is 24.2 Å². The molecule has 0 unspecified atom stereocenters. The van der Waals surface area contributed by atoms with Gasteiger partial charge in [-0.25, -0.2) is 0 Å². The minimum absolute atomic E-state index is 0. The Morgan fingerprint density at radius 1 is 1.27 bits per heavy atom. The van der Waals surface area contributed by atoms with E-state index in [2.05, 4.69) is 10.6 Å². The number of amides is 2. The summed E-state index contributed by atoms with van der Waals surface area (Å²) in [4.78, 5) is 23.8. The van der Waals surface area contributed by atoms with Gasteiger partial charge in [-0.15, -0.1) is 12.4 Å². The summed E-state index contributed by atoms with van der Waals surface area (Å²) >= 11 is 0. The first kappa shape index (κ1) is 18.5. The maximum absolute atomic E-state index is 12.2. The van der Waals surface area contributed by atoms with E-state index < -0.39 is 6.04 Å². The Balaban J connectivity index is 0.00000242. The summed E-state index contributed by atoms with van der Waals surface area (Å²) < 4.78 is 0. The van der Waals surface area contributed by atoms with E-state index in [1.807, 2.05) is 6.92 Å². The monoisotopic (exact) mass is 325 g/mol. The van der Waals surface area contributed by atoms with E-state index in [1.54, 1.807) is 25.1 Å². The summed E-state index contributed by atoms with van der Waals surface area (Å²) in [5, 5.41) is 5.81. The Kier molecular flexibility index (Phi) is 6.84. The van der Waals surface area contributed by atoms with Crippen molar-refractivity contribution in [2.75, 3.05) is 5.32 Å². The van der Waals surface area contributed by atoms with E-state index in [9.17, 15) is 9.59 Å². The zero-order chi connectivity index (χ0) is 15.4. The number of halogens is 1. The number of hydrogen-bond acceptors (Lipinski definition) is 3. The van der Waals surface area contributed by atoms with E-state index in [1.165, 1.54) is 12.8 Å². The minimum atomic E-state index is -0.560. The van der Waals surface area contributed by atoms with Gasteiger partial charge in [0.05, 0.1) is 6.04 Å². The summed E-state index contributed by atoms with van der Waals surface area (Å²) in [6.07, 6.45) is 4.50. The second kappa shape index (κ2) is 8.15. The Bertz CT molecular complexity index is 540. The lowest BCUT2D eigenvalue weighted by atomic mass is 10.1. The van der Waals surface area contributed by atoms with Crippen molar-refractivity contribution in [2.45, 2.75) is 51.6 Å². The van der Waals surface area contributed by atoms with E-state index in [4.69, 9.17) is 5.73 Å². The molecule has 0 saturated heterocycles. The smallest absolute Gasteiger partial charge is 0.251 e. The Hall–Kier alpha value is -1.59. The average molecular weight is 326 g/mol. The van der Waals surface area contributed by atoms with Gasteiger partial charge in [0, 0.05) is 17.3 Å². The lowest BCUT2D eigenvalue weighted by Gasteiger charge is -2.14. The molecule has 1 aliphatic carbocycles. The third-order valence-corrected chi connectivity index (χ3v) is 3.85. The third kappa shape index (κ3) is 4.71. The fourth-order valence-electron chi connectivity index (χ4n) is 2.53. The van der Waals surface area contributed by atoms with Crippen molar-refractivity contribution in [3.63, 3.8) is 0 Å². The first-order valence-corrected chi connectivity index (χ1v) is 7.45. The number of anilines is 1. The molecule has 1 aromatic rings. The molecule has 22 heavy (non-hydrogen) atoms. The van der Waals surface area contributed by atoms with Gasteiger partial charge < -0.3 is 16.4 Å². The van der Waals surface area contributed by atoms with Gasteiger partial charge in [0.1, 0.15) is 0 Å². The number of carbonyl (C=O) groups is 2. The van der Waals surface area contributed by atoms with Crippen LogP contribution in [0.2, 0.25) is 0 Å². The molecular formula is C16H24ClN3O2. The van der Waals surface area contributed by atoms with Crippen molar-refractivity contribution in [3.05, 3.63) is 29.3 Å². The van der Waals surface area contributed by atoms with Gasteiger partial charge in [0.2, 0.25) is 5.91 Å². The lowest BCUT2D eigenvalue weighted by molar-refractivity contribution is -0.117. The zero-order valence-corrected chi connectivity index (χ0v) is 13.8. The van der Waals surface area contributed by atoms with Crippen molar-refractivity contribution in [1.82, 2.24) is 5.32 Å². The van der Waals surface area contributed by atoms with Gasteiger partial charge >= 0.3 is 0 Å². The van der Waals surface area contributed by atoms with Crippen LogP contribution in [0.15, 0.2) is 18.2 Å².